The number of aromatic carboxylic acids is 1. The number of nitro benzene ring substituents is 1. The Balaban J connectivity index is 2.12. The molecule has 1 heterocycles. The molecule has 136 valence electrons. The van der Waals surface area contributed by atoms with E-state index in [-0.39, 0.29) is 28.1 Å². The Kier molecular flexibility index (Phi) is 4.16. The predicted octanol–water partition coefficient (Wildman–Crippen LogP) is 2.02. The molecule has 0 aliphatic carbocycles. The van der Waals surface area contributed by atoms with Crippen LogP contribution in [0.25, 0.3) is 0 Å². The van der Waals surface area contributed by atoms with Gasteiger partial charge < -0.3 is 9.84 Å². The molecule has 3 rings (SSSR count). The van der Waals surface area contributed by atoms with E-state index in [4.69, 9.17) is 9.84 Å². The number of amides is 2. The quantitative estimate of drug-likeness (QED) is 0.283. The van der Waals surface area contributed by atoms with Crippen LogP contribution in [0.2, 0.25) is 0 Å². The molecule has 2 amide bonds. The predicted molar refractivity (Wildman–Crippen MR) is 88.9 cm³/mol. The molecular weight excluding hydrogens is 360 g/mol. The number of hydrogen-bond donors (Lipinski definition) is 1. The van der Waals surface area contributed by atoms with Gasteiger partial charge in [-0.25, -0.2) is 9.69 Å². The molecule has 0 aromatic heterocycles. The lowest BCUT2D eigenvalue weighted by molar-refractivity contribution is -0.384. The topological polar surface area (TPSA) is 144 Å². The number of carboxylic acids is 1. The summed E-state index contributed by atoms with van der Waals surface area (Å²) in [4.78, 5) is 58.6. The van der Waals surface area contributed by atoms with Gasteiger partial charge in [0.05, 0.1) is 33.4 Å². The van der Waals surface area contributed by atoms with Crippen LogP contribution in [0.15, 0.2) is 36.4 Å². The molecule has 1 aliphatic heterocycles. The van der Waals surface area contributed by atoms with Crippen molar-refractivity contribution in [3.05, 3.63) is 63.2 Å². The number of rotatable bonds is 4. The first-order valence-corrected chi connectivity index (χ1v) is 7.43. The lowest BCUT2D eigenvalue weighted by Gasteiger charge is -2.17. The summed E-state index contributed by atoms with van der Waals surface area (Å²) in [7, 11) is 0. The zero-order valence-corrected chi connectivity index (χ0v) is 13.7. The molecule has 0 fully saturated rings. The summed E-state index contributed by atoms with van der Waals surface area (Å²) in [5.41, 5.74) is -0.913. The molecule has 1 N–H and O–H groups in total. The molecule has 0 saturated heterocycles. The van der Waals surface area contributed by atoms with Gasteiger partial charge in [0.25, 0.3) is 17.5 Å². The molecule has 0 bridgehead atoms. The summed E-state index contributed by atoms with van der Waals surface area (Å²) in [6.07, 6.45) is 0. The number of nitro groups is 1. The molecule has 10 nitrogen and oxygen atoms in total. The first kappa shape index (κ1) is 17.7. The van der Waals surface area contributed by atoms with Gasteiger partial charge in [-0.2, -0.15) is 0 Å². The van der Waals surface area contributed by atoms with Crippen LogP contribution in [0, 0.1) is 10.1 Å². The number of non-ortho nitro benzene ring substituents is 1. The van der Waals surface area contributed by atoms with Crippen molar-refractivity contribution in [3.8, 4) is 5.75 Å². The average molecular weight is 370 g/mol. The number of imide groups is 1. The fourth-order valence-electron chi connectivity index (χ4n) is 2.63. The van der Waals surface area contributed by atoms with Crippen LogP contribution in [-0.4, -0.2) is 33.8 Å². The number of benzene rings is 2. The van der Waals surface area contributed by atoms with E-state index < -0.39 is 34.4 Å². The molecule has 2 aromatic rings. The van der Waals surface area contributed by atoms with Crippen molar-refractivity contribution in [2.45, 2.75) is 6.92 Å². The summed E-state index contributed by atoms with van der Waals surface area (Å²) in [6, 6.07) is 6.52. The standard InChI is InChI=1S/C17H10N2O8/c1-8(20)27-14-7-10(19(25)26)3-5-13(14)18-15(21)11-4-2-9(17(23)24)6-12(11)16(18)22/h2-7H,1H3,(H,23,24). The van der Waals surface area contributed by atoms with Crippen molar-refractivity contribution in [1.82, 2.24) is 0 Å². The Labute approximate surface area is 150 Å². The monoisotopic (exact) mass is 370 g/mol. The van der Waals surface area contributed by atoms with E-state index in [2.05, 4.69) is 0 Å². The lowest BCUT2D eigenvalue weighted by Crippen LogP contribution is -2.30. The lowest BCUT2D eigenvalue weighted by atomic mass is 10.1. The second kappa shape index (κ2) is 6.33. The average Bonchev–Trinajstić information content (AvgIpc) is 2.85. The van der Waals surface area contributed by atoms with E-state index in [1.165, 1.54) is 12.1 Å². The first-order chi connectivity index (χ1) is 12.7. The van der Waals surface area contributed by atoms with Gasteiger partial charge in [-0.15, -0.1) is 0 Å². The summed E-state index contributed by atoms with van der Waals surface area (Å²) >= 11 is 0. The van der Waals surface area contributed by atoms with E-state index in [1.54, 1.807) is 0 Å². The van der Waals surface area contributed by atoms with E-state index in [1.807, 2.05) is 0 Å². The molecular formula is C17H10N2O8. The highest BCUT2D eigenvalue weighted by atomic mass is 16.6. The van der Waals surface area contributed by atoms with E-state index >= 15 is 0 Å². The maximum atomic E-state index is 12.7. The maximum Gasteiger partial charge on any atom is 0.335 e. The van der Waals surface area contributed by atoms with Gasteiger partial charge in [0.1, 0.15) is 0 Å². The fourth-order valence-corrected chi connectivity index (χ4v) is 2.63. The molecule has 27 heavy (non-hydrogen) atoms. The van der Waals surface area contributed by atoms with Crippen LogP contribution in [0.4, 0.5) is 11.4 Å². The number of carbonyl (C=O) groups is 4. The first-order valence-electron chi connectivity index (χ1n) is 7.43. The van der Waals surface area contributed by atoms with Crippen molar-refractivity contribution in [2.75, 3.05) is 4.90 Å². The third-order valence-electron chi connectivity index (χ3n) is 3.78. The highest BCUT2D eigenvalue weighted by Gasteiger charge is 2.39. The molecule has 0 saturated carbocycles. The van der Waals surface area contributed by atoms with Gasteiger partial charge in [-0.05, 0) is 24.3 Å². The number of carbonyl (C=O) groups excluding carboxylic acids is 3. The summed E-state index contributed by atoms with van der Waals surface area (Å²) in [5.74, 6) is -4.02. The summed E-state index contributed by atoms with van der Waals surface area (Å²) in [6.45, 7) is 1.06. The van der Waals surface area contributed by atoms with Crippen molar-refractivity contribution in [2.24, 2.45) is 0 Å². The van der Waals surface area contributed by atoms with Crippen molar-refractivity contribution in [1.29, 1.82) is 0 Å². The van der Waals surface area contributed by atoms with Gasteiger partial charge in [0, 0.05) is 13.0 Å². The minimum Gasteiger partial charge on any atom is -0.478 e. The summed E-state index contributed by atoms with van der Waals surface area (Å²) < 4.78 is 4.92. The Bertz CT molecular complexity index is 1040. The fraction of sp³-hybridized carbons (Fsp3) is 0.0588. The van der Waals surface area contributed by atoms with Gasteiger partial charge in [-0.1, -0.05) is 0 Å². The normalized spacial score (nSPS) is 12.7. The van der Waals surface area contributed by atoms with Crippen LogP contribution >= 0.6 is 0 Å². The molecule has 0 unspecified atom stereocenters. The van der Waals surface area contributed by atoms with Crippen molar-refractivity contribution < 1.29 is 33.9 Å². The molecule has 0 spiro atoms. The smallest absolute Gasteiger partial charge is 0.335 e. The van der Waals surface area contributed by atoms with Gasteiger partial charge in [0.2, 0.25) is 0 Å². The van der Waals surface area contributed by atoms with Gasteiger partial charge in [-0.3, -0.25) is 24.5 Å². The van der Waals surface area contributed by atoms with Crippen LogP contribution in [-0.2, 0) is 4.79 Å². The Morgan fingerprint density at radius 3 is 2.33 bits per heavy atom. The van der Waals surface area contributed by atoms with Gasteiger partial charge in [0.15, 0.2) is 5.75 Å². The second-order valence-corrected chi connectivity index (χ2v) is 5.51. The molecule has 10 heteroatoms. The largest absolute Gasteiger partial charge is 0.478 e. The number of carboxylic acid groups (broad SMARTS) is 1. The number of esters is 1. The Morgan fingerprint density at radius 2 is 1.74 bits per heavy atom. The summed E-state index contributed by atoms with van der Waals surface area (Å²) in [5, 5.41) is 20.0. The number of anilines is 1. The highest BCUT2D eigenvalue weighted by Crippen LogP contribution is 2.37. The van der Waals surface area contributed by atoms with Gasteiger partial charge >= 0.3 is 11.9 Å². The van der Waals surface area contributed by atoms with Crippen molar-refractivity contribution in [3.63, 3.8) is 0 Å². The number of hydrogen-bond acceptors (Lipinski definition) is 7. The van der Waals surface area contributed by atoms with Crippen LogP contribution in [0.5, 0.6) is 5.75 Å². The van der Waals surface area contributed by atoms with E-state index in [9.17, 15) is 29.3 Å². The maximum absolute atomic E-state index is 12.7. The second-order valence-electron chi connectivity index (χ2n) is 5.51. The molecule has 0 radical (unpaired) electrons. The van der Waals surface area contributed by atoms with E-state index in [0.29, 0.717) is 4.90 Å². The van der Waals surface area contributed by atoms with Crippen LogP contribution in [0.3, 0.4) is 0 Å². The molecule has 0 atom stereocenters. The number of nitrogens with zero attached hydrogens (tertiary/aromatic N) is 2. The molecule has 1 aliphatic rings. The Morgan fingerprint density at radius 1 is 1.07 bits per heavy atom. The SMILES string of the molecule is CC(=O)Oc1cc([N+](=O)[O-])ccc1N1C(=O)c2ccc(C(=O)O)cc2C1=O. The van der Waals surface area contributed by atoms with Crippen LogP contribution in [0.1, 0.15) is 38.0 Å². The minimum atomic E-state index is -1.27. The minimum absolute atomic E-state index is 0.0304. The Hall–Kier alpha value is -4.08. The van der Waals surface area contributed by atoms with Crippen molar-refractivity contribution >= 4 is 35.1 Å². The van der Waals surface area contributed by atoms with E-state index in [0.717, 1.165) is 31.2 Å². The third-order valence-corrected chi connectivity index (χ3v) is 3.78. The number of ether oxygens (including phenoxy) is 1. The zero-order valence-electron chi connectivity index (χ0n) is 13.7. The zero-order chi connectivity index (χ0) is 19.9. The third kappa shape index (κ3) is 2.99. The number of fused-ring (bicyclic) bond motifs is 1. The molecule has 2 aromatic carbocycles. The highest BCUT2D eigenvalue weighted by molar-refractivity contribution is 6.35. The van der Waals surface area contributed by atoms with Crippen LogP contribution < -0.4 is 9.64 Å².